The number of aromatic nitrogens is 2. The molecule has 1 fully saturated rings. The third kappa shape index (κ3) is 5.97. The maximum atomic E-state index is 12.3. The van der Waals surface area contributed by atoms with Crippen LogP contribution < -0.4 is 15.4 Å². The Labute approximate surface area is 234 Å². The van der Waals surface area contributed by atoms with Crippen LogP contribution >= 0.6 is 45.2 Å². The number of ketones is 1. The number of hydrogen-bond acceptors (Lipinski definition) is 7. The second kappa shape index (κ2) is 10.3. The van der Waals surface area contributed by atoms with Crippen molar-refractivity contribution in [3.63, 3.8) is 0 Å². The largest absolute Gasteiger partial charge is 0.492 e. The molecule has 36 heavy (non-hydrogen) atoms. The van der Waals surface area contributed by atoms with Crippen molar-refractivity contribution in [1.82, 2.24) is 10.1 Å². The van der Waals surface area contributed by atoms with Gasteiger partial charge in [0.05, 0.1) is 26.7 Å². The molecule has 0 unspecified atom stereocenters. The number of benzene rings is 2. The molecule has 0 aliphatic heterocycles. The van der Waals surface area contributed by atoms with Gasteiger partial charge in [0, 0.05) is 38.7 Å². The zero-order valence-electron chi connectivity index (χ0n) is 19.3. The molecule has 2 aromatic heterocycles. The number of nitrogens with one attached hydrogen (secondary N) is 2. The minimum Gasteiger partial charge on any atom is -0.492 e. The Morgan fingerprint density at radius 2 is 1.94 bits per heavy atom. The average Bonchev–Trinajstić information content (AvgIpc) is 3.46. The molecule has 2 heterocycles. The van der Waals surface area contributed by atoms with Gasteiger partial charge in [0.15, 0.2) is 0 Å². The second-order valence-electron chi connectivity index (χ2n) is 8.78. The molecule has 184 valence electrons. The lowest BCUT2D eigenvalue weighted by molar-refractivity contribution is -0.134. The van der Waals surface area contributed by atoms with E-state index in [1.54, 1.807) is 31.3 Å². The minimum absolute atomic E-state index is 0.110. The first-order valence-corrected chi connectivity index (χ1v) is 13.5. The number of carbonyl (C=O) groups excluding carboxylic acids is 2. The number of nitrogens with zero attached hydrogens (tertiary/aromatic N) is 2. The molecule has 2 aromatic carbocycles. The van der Waals surface area contributed by atoms with Crippen molar-refractivity contribution in [2.24, 2.45) is 0 Å². The summed E-state index contributed by atoms with van der Waals surface area (Å²) in [5.41, 5.74) is 3.58. The number of amides is 1. The molecule has 1 saturated carbocycles. The molecule has 10 heteroatoms. The number of Topliss-reactive ketones (excluding diaryl/α,β-unsaturated/α-hetero) is 1. The topological polar surface area (TPSA) is 106 Å². The Kier molecular flexibility index (Phi) is 7.15. The number of hydrogen-bond donors (Lipinski definition) is 2. The summed E-state index contributed by atoms with van der Waals surface area (Å²) < 4.78 is 12.1. The van der Waals surface area contributed by atoms with Gasteiger partial charge in [-0.1, -0.05) is 27.7 Å². The fourth-order valence-corrected chi connectivity index (χ4v) is 4.68. The van der Waals surface area contributed by atoms with E-state index in [0.717, 1.165) is 31.6 Å². The molecule has 0 atom stereocenters. The molecule has 0 saturated heterocycles. The highest BCUT2D eigenvalue weighted by atomic mass is 127. The van der Waals surface area contributed by atoms with Crippen molar-refractivity contribution in [1.29, 1.82) is 0 Å². The normalized spacial score (nSPS) is 13.9. The molecule has 5 rings (SSSR count). The van der Waals surface area contributed by atoms with E-state index >= 15 is 0 Å². The molecular weight excluding hydrogens is 686 g/mol. The summed E-state index contributed by atoms with van der Waals surface area (Å²) in [4.78, 5) is 29.1. The van der Waals surface area contributed by atoms with Crippen molar-refractivity contribution < 1.29 is 18.8 Å². The first-order valence-electron chi connectivity index (χ1n) is 11.3. The molecular formula is C26H22I2N4O4. The highest BCUT2D eigenvalue weighted by Gasteiger charge is 2.40. The smallest absolute Gasteiger partial charge is 0.292 e. The molecule has 8 nitrogen and oxygen atoms in total. The average molecular weight is 708 g/mol. The Hall–Kier alpha value is -2.74. The standard InChI is InChI=1S/C26H22I2N4O4/c1-15-10-17(32-36-15)12-24(33)25(34)30-16-2-5-22(20(27)11-16)31-21-6-9-29-23-13-18(3-4-19(21)23)35-14-26(28)7-8-26/h2-6,9-11,13H,7-8,12,14H2,1H3,(H,29,31)(H,30,34). The van der Waals surface area contributed by atoms with Crippen molar-refractivity contribution in [2.75, 3.05) is 17.2 Å². The fourth-order valence-electron chi connectivity index (χ4n) is 3.61. The van der Waals surface area contributed by atoms with Crippen LogP contribution in [0, 0.1) is 10.5 Å². The van der Waals surface area contributed by atoms with Crippen LogP contribution in [0.5, 0.6) is 5.75 Å². The van der Waals surface area contributed by atoms with Gasteiger partial charge < -0.3 is 19.9 Å². The van der Waals surface area contributed by atoms with Gasteiger partial charge in [-0.3, -0.25) is 14.6 Å². The predicted molar refractivity (Wildman–Crippen MR) is 154 cm³/mol. The Morgan fingerprint density at radius 1 is 1.11 bits per heavy atom. The fraction of sp³-hybridized carbons (Fsp3) is 0.231. The van der Waals surface area contributed by atoms with Crippen molar-refractivity contribution in [3.8, 4) is 5.75 Å². The number of aryl methyl sites for hydroxylation is 1. The predicted octanol–water partition coefficient (Wildman–Crippen LogP) is 5.98. The van der Waals surface area contributed by atoms with E-state index < -0.39 is 11.7 Å². The lowest BCUT2D eigenvalue weighted by Crippen LogP contribution is -2.24. The van der Waals surface area contributed by atoms with E-state index in [-0.39, 0.29) is 9.84 Å². The van der Waals surface area contributed by atoms with E-state index in [1.807, 2.05) is 30.3 Å². The van der Waals surface area contributed by atoms with Gasteiger partial charge in [-0.25, -0.2) is 0 Å². The summed E-state index contributed by atoms with van der Waals surface area (Å²) in [6, 6.07) is 14.9. The van der Waals surface area contributed by atoms with Gasteiger partial charge in [0.2, 0.25) is 5.78 Å². The lowest BCUT2D eigenvalue weighted by Gasteiger charge is -2.14. The molecule has 0 spiro atoms. The maximum absolute atomic E-state index is 12.3. The van der Waals surface area contributed by atoms with Crippen molar-refractivity contribution in [3.05, 3.63) is 69.8 Å². The van der Waals surface area contributed by atoms with E-state index in [0.29, 0.717) is 23.7 Å². The summed E-state index contributed by atoms with van der Waals surface area (Å²) in [5, 5.41) is 10.8. The van der Waals surface area contributed by atoms with Crippen molar-refractivity contribution in [2.45, 2.75) is 29.6 Å². The van der Waals surface area contributed by atoms with E-state index in [1.165, 1.54) is 12.8 Å². The summed E-state index contributed by atoms with van der Waals surface area (Å²) >= 11 is 4.67. The molecule has 1 aliphatic rings. The Bertz CT molecular complexity index is 1470. The summed E-state index contributed by atoms with van der Waals surface area (Å²) in [7, 11) is 0. The van der Waals surface area contributed by atoms with Gasteiger partial charge in [0.25, 0.3) is 5.91 Å². The number of alkyl halides is 1. The van der Waals surface area contributed by atoms with Crippen LogP contribution in [0.25, 0.3) is 10.9 Å². The van der Waals surface area contributed by atoms with Crippen LogP contribution in [0.15, 0.2) is 59.3 Å². The first-order chi connectivity index (χ1) is 17.3. The number of anilines is 3. The molecule has 1 amide bonds. The quantitative estimate of drug-likeness (QED) is 0.125. The van der Waals surface area contributed by atoms with Gasteiger partial charge >= 0.3 is 0 Å². The molecule has 1 aliphatic carbocycles. The highest BCUT2D eigenvalue weighted by molar-refractivity contribution is 14.1. The van der Waals surface area contributed by atoms with Gasteiger partial charge in [0.1, 0.15) is 18.1 Å². The summed E-state index contributed by atoms with van der Waals surface area (Å²) in [6.07, 6.45) is 4.06. The van der Waals surface area contributed by atoms with Crippen LogP contribution in [0.4, 0.5) is 17.1 Å². The van der Waals surface area contributed by atoms with Crippen LogP contribution in [0.3, 0.4) is 0 Å². The summed E-state index contributed by atoms with van der Waals surface area (Å²) in [6.45, 7) is 2.44. The molecule has 0 bridgehead atoms. The van der Waals surface area contributed by atoms with Gasteiger partial charge in [-0.15, -0.1) is 0 Å². The van der Waals surface area contributed by atoms with Crippen LogP contribution in [-0.2, 0) is 16.0 Å². The van der Waals surface area contributed by atoms with E-state index in [4.69, 9.17) is 9.26 Å². The van der Waals surface area contributed by atoms with Gasteiger partial charge in [-0.05, 0) is 78.8 Å². The number of halogens is 2. The van der Waals surface area contributed by atoms with Crippen LogP contribution in [-0.4, -0.2) is 31.9 Å². The van der Waals surface area contributed by atoms with E-state index in [9.17, 15) is 9.59 Å². The van der Waals surface area contributed by atoms with Crippen LogP contribution in [0.2, 0.25) is 0 Å². The Morgan fingerprint density at radius 3 is 2.67 bits per heavy atom. The maximum Gasteiger partial charge on any atom is 0.292 e. The highest BCUT2D eigenvalue weighted by Crippen LogP contribution is 2.45. The third-order valence-corrected chi connectivity index (χ3v) is 8.05. The second-order valence-corrected chi connectivity index (χ2v) is 12.2. The SMILES string of the molecule is Cc1cc(CC(=O)C(=O)Nc2ccc(Nc3ccnc4cc(OCC5(I)CC5)ccc34)c(I)c2)no1. The third-order valence-electron chi connectivity index (χ3n) is 5.77. The Balaban J connectivity index is 1.26. The molecule has 2 N–H and O–H groups in total. The molecule has 0 radical (unpaired) electrons. The van der Waals surface area contributed by atoms with Crippen molar-refractivity contribution >= 4 is 84.8 Å². The van der Waals surface area contributed by atoms with Gasteiger partial charge in [-0.2, -0.15) is 0 Å². The first kappa shape index (κ1) is 24.9. The summed E-state index contributed by atoms with van der Waals surface area (Å²) in [5.74, 6) is 0.130. The number of ether oxygens (including phenoxy) is 1. The van der Waals surface area contributed by atoms with Crippen LogP contribution in [0.1, 0.15) is 24.3 Å². The minimum atomic E-state index is -0.694. The zero-order chi connectivity index (χ0) is 25.3. The number of carbonyl (C=O) groups is 2. The lowest BCUT2D eigenvalue weighted by atomic mass is 10.1. The number of fused-ring (bicyclic) bond motifs is 1. The zero-order valence-corrected chi connectivity index (χ0v) is 23.6. The number of rotatable bonds is 9. The molecule has 4 aromatic rings. The van der Waals surface area contributed by atoms with E-state index in [2.05, 4.69) is 66.0 Å². The number of pyridine rings is 1. The monoisotopic (exact) mass is 708 g/mol.